The van der Waals surface area contributed by atoms with E-state index >= 15 is 0 Å². The van der Waals surface area contributed by atoms with Crippen molar-refractivity contribution in [1.29, 1.82) is 0 Å². The predicted molar refractivity (Wildman–Crippen MR) is 140 cm³/mol. The Balaban J connectivity index is 1.17. The first-order valence-corrected chi connectivity index (χ1v) is 14.1. The molecular weight excluding hydrogens is 504 g/mol. The maximum absolute atomic E-state index is 13.7. The van der Waals surface area contributed by atoms with E-state index in [9.17, 15) is 23.2 Å². The van der Waals surface area contributed by atoms with Crippen LogP contribution in [0, 0.1) is 23.7 Å². The van der Waals surface area contributed by atoms with Gasteiger partial charge in [0.1, 0.15) is 17.7 Å². The molecule has 39 heavy (non-hydrogen) atoms. The third-order valence-corrected chi connectivity index (χ3v) is 8.63. The Morgan fingerprint density at radius 3 is 2.36 bits per heavy atom. The number of aromatic nitrogens is 2. The number of benzene rings is 1. The van der Waals surface area contributed by atoms with Crippen LogP contribution in [-0.4, -0.2) is 39.5 Å². The van der Waals surface area contributed by atoms with Crippen molar-refractivity contribution in [3.63, 3.8) is 0 Å². The van der Waals surface area contributed by atoms with Gasteiger partial charge in [0, 0.05) is 24.3 Å². The predicted octanol–water partition coefficient (Wildman–Crippen LogP) is 4.40. The number of alkyl halides is 2. The Morgan fingerprint density at radius 1 is 1.05 bits per heavy atom. The first-order valence-electron chi connectivity index (χ1n) is 14.1. The van der Waals surface area contributed by atoms with Gasteiger partial charge in [-0.3, -0.25) is 19.1 Å². The first-order chi connectivity index (χ1) is 18.6. The second kappa shape index (κ2) is 9.71. The van der Waals surface area contributed by atoms with Crippen molar-refractivity contribution < 1.29 is 23.2 Å². The number of hydrogen-bond acceptors (Lipinski definition) is 4. The van der Waals surface area contributed by atoms with Crippen LogP contribution in [0.1, 0.15) is 86.1 Å². The van der Waals surface area contributed by atoms with Gasteiger partial charge < -0.3 is 16.0 Å². The summed E-state index contributed by atoms with van der Waals surface area (Å²) in [6.45, 7) is 3.91. The zero-order valence-corrected chi connectivity index (χ0v) is 22.3. The minimum absolute atomic E-state index is 0.0106. The number of carbonyl (C=O) groups excluding carboxylic acids is 3. The highest BCUT2D eigenvalue weighted by atomic mass is 19.3. The summed E-state index contributed by atoms with van der Waals surface area (Å²) in [5.41, 5.74) is 2.92. The number of rotatable bonds is 10. The molecule has 3 fully saturated rings. The summed E-state index contributed by atoms with van der Waals surface area (Å²) in [5.74, 6) is -4.28. The molecule has 3 saturated carbocycles. The molecule has 3 atom stereocenters. The molecule has 208 valence electrons. The molecule has 0 bridgehead atoms. The van der Waals surface area contributed by atoms with E-state index < -0.39 is 23.8 Å². The van der Waals surface area contributed by atoms with Crippen LogP contribution in [0.5, 0.6) is 0 Å². The molecule has 2 aromatic rings. The van der Waals surface area contributed by atoms with Gasteiger partial charge in [-0.05, 0) is 99.5 Å². The average Bonchev–Trinajstić information content (AvgIpc) is 3.85. The smallest absolute Gasteiger partial charge is 0.270 e. The molecule has 4 aliphatic rings. The number of hydrogen-bond donors (Lipinski definition) is 3. The number of amides is 3. The Kier molecular flexibility index (Phi) is 6.46. The van der Waals surface area contributed by atoms with Crippen LogP contribution in [0.4, 0.5) is 14.5 Å². The molecule has 8 nitrogen and oxygen atoms in total. The molecule has 1 heterocycles. The zero-order valence-electron chi connectivity index (χ0n) is 22.3. The van der Waals surface area contributed by atoms with Gasteiger partial charge in [-0.15, -0.1) is 0 Å². The van der Waals surface area contributed by atoms with E-state index in [2.05, 4.69) is 21.0 Å². The summed E-state index contributed by atoms with van der Waals surface area (Å²) >= 11 is 0. The number of fused-ring (bicyclic) bond motifs is 1. The molecule has 6 rings (SSSR count). The van der Waals surface area contributed by atoms with Crippen molar-refractivity contribution in [2.45, 2.75) is 82.8 Å². The molecule has 0 radical (unpaired) electrons. The molecule has 1 aromatic heterocycles. The molecule has 3 N–H and O–H groups in total. The van der Waals surface area contributed by atoms with Crippen LogP contribution < -0.4 is 16.0 Å². The Labute approximate surface area is 226 Å². The monoisotopic (exact) mass is 539 g/mol. The summed E-state index contributed by atoms with van der Waals surface area (Å²) in [6.07, 6.45) is 6.81. The second-order valence-electron chi connectivity index (χ2n) is 12.0. The lowest BCUT2D eigenvalue weighted by molar-refractivity contribution is -0.125. The lowest BCUT2D eigenvalue weighted by atomic mass is 9.88. The van der Waals surface area contributed by atoms with Gasteiger partial charge in [0.25, 0.3) is 11.8 Å². The number of nitrogens with zero attached hydrogens (tertiary/aromatic N) is 2. The van der Waals surface area contributed by atoms with Crippen LogP contribution in [0.25, 0.3) is 0 Å². The third kappa shape index (κ3) is 5.30. The zero-order chi connectivity index (χ0) is 27.5. The van der Waals surface area contributed by atoms with E-state index in [0.717, 1.165) is 36.8 Å². The van der Waals surface area contributed by atoms with E-state index in [1.165, 1.54) is 0 Å². The van der Waals surface area contributed by atoms with Crippen molar-refractivity contribution in [3.8, 4) is 0 Å². The minimum Gasteiger partial charge on any atom is -0.349 e. The van der Waals surface area contributed by atoms with Crippen LogP contribution in [-0.2, 0) is 16.0 Å². The lowest BCUT2D eigenvalue weighted by Crippen LogP contribution is -2.50. The fourth-order valence-corrected chi connectivity index (χ4v) is 6.18. The largest absolute Gasteiger partial charge is 0.349 e. The van der Waals surface area contributed by atoms with Gasteiger partial charge >= 0.3 is 0 Å². The summed E-state index contributed by atoms with van der Waals surface area (Å²) in [6, 6.07) is 6.24. The number of anilines is 1. The van der Waals surface area contributed by atoms with Gasteiger partial charge in [-0.25, -0.2) is 8.78 Å². The highest BCUT2D eigenvalue weighted by molar-refractivity contribution is 6.01. The molecule has 4 aliphatic carbocycles. The first kappa shape index (κ1) is 26.0. The second-order valence-corrected chi connectivity index (χ2v) is 12.0. The van der Waals surface area contributed by atoms with E-state index in [1.54, 1.807) is 23.0 Å². The van der Waals surface area contributed by atoms with Gasteiger partial charge in [0.05, 0.1) is 6.04 Å². The van der Waals surface area contributed by atoms with E-state index in [4.69, 9.17) is 0 Å². The fourth-order valence-electron chi connectivity index (χ4n) is 6.18. The number of carbonyl (C=O) groups is 3. The van der Waals surface area contributed by atoms with E-state index in [-0.39, 0.29) is 36.2 Å². The van der Waals surface area contributed by atoms with Crippen molar-refractivity contribution >= 4 is 23.4 Å². The van der Waals surface area contributed by atoms with Gasteiger partial charge in [-0.1, -0.05) is 6.07 Å². The summed E-state index contributed by atoms with van der Waals surface area (Å²) in [4.78, 5) is 39.2. The maximum Gasteiger partial charge on any atom is 0.270 e. The average molecular weight is 540 g/mol. The molecule has 0 saturated heterocycles. The van der Waals surface area contributed by atoms with Gasteiger partial charge in [0.15, 0.2) is 0 Å². The van der Waals surface area contributed by atoms with Crippen LogP contribution in [0.15, 0.2) is 30.5 Å². The highest BCUT2D eigenvalue weighted by Crippen LogP contribution is 2.51. The van der Waals surface area contributed by atoms with Crippen molar-refractivity contribution in [3.05, 3.63) is 47.3 Å². The van der Waals surface area contributed by atoms with Crippen molar-refractivity contribution in [2.24, 2.45) is 23.7 Å². The molecular formula is C29H35F2N5O3. The summed E-state index contributed by atoms with van der Waals surface area (Å²) < 4.78 is 28.3. The fraction of sp³-hybridized carbons (Fsp3) is 0.586. The molecule has 0 spiro atoms. The lowest BCUT2D eigenvalue weighted by Gasteiger charge is -2.28. The topological polar surface area (TPSA) is 105 Å². The van der Waals surface area contributed by atoms with Crippen molar-refractivity contribution in [2.75, 3.05) is 5.32 Å². The Morgan fingerprint density at radius 2 is 1.74 bits per heavy atom. The SMILES string of the molecule is CC(C)n1nccc1C(=O)N[C@H](C(=O)Nc1ccc2c(c1)CC[C@H]2NC(=O)[C@@H]1CC1(F)F)C(C1CC1)C1CC1. The molecule has 0 aliphatic heterocycles. The summed E-state index contributed by atoms with van der Waals surface area (Å²) in [5, 5.41) is 13.1. The van der Waals surface area contributed by atoms with Crippen LogP contribution >= 0.6 is 0 Å². The molecule has 0 unspecified atom stereocenters. The normalized spacial score (nSPS) is 23.8. The van der Waals surface area contributed by atoms with E-state index in [1.807, 2.05) is 26.0 Å². The molecule has 10 heteroatoms. The highest BCUT2D eigenvalue weighted by Gasteiger charge is 2.61. The number of halogens is 2. The number of nitrogens with one attached hydrogen (secondary N) is 3. The standard InChI is InChI=1S/C29H35F2N5O3/c1-15(2)36-23(11-12-32-36)27(38)35-25(24(16-3-4-16)17-5-6-17)28(39)33-19-8-9-20-18(13-19)7-10-22(20)34-26(37)21-14-29(21,30)31/h8-9,11-13,15-17,21-22,24-25H,3-7,10,14H2,1-2H3,(H,33,39)(H,34,37)(H,35,38)/t21-,22+,25-/m0/s1. The minimum atomic E-state index is -2.89. The van der Waals surface area contributed by atoms with Gasteiger partial charge in [-0.2, -0.15) is 5.10 Å². The molecule has 3 amide bonds. The Bertz CT molecular complexity index is 1290. The van der Waals surface area contributed by atoms with Crippen LogP contribution in [0.2, 0.25) is 0 Å². The van der Waals surface area contributed by atoms with Gasteiger partial charge in [0.2, 0.25) is 11.8 Å². The Hall–Kier alpha value is -3.30. The summed E-state index contributed by atoms with van der Waals surface area (Å²) in [7, 11) is 0. The maximum atomic E-state index is 13.7. The quantitative estimate of drug-likeness (QED) is 0.416. The number of aryl methyl sites for hydroxylation is 1. The van der Waals surface area contributed by atoms with Crippen LogP contribution in [0.3, 0.4) is 0 Å². The van der Waals surface area contributed by atoms with E-state index in [0.29, 0.717) is 36.1 Å². The third-order valence-electron chi connectivity index (χ3n) is 8.63. The molecule has 1 aromatic carbocycles. The van der Waals surface area contributed by atoms with Crippen molar-refractivity contribution in [1.82, 2.24) is 20.4 Å².